The first-order valence-corrected chi connectivity index (χ1v) is 9.47. The van der Waals surface area contributed by atoms with Crippen LogP contribution in [-0.4, -0.2) is 27.5 Å². The lowest BCUT2D eigenvalue weighted by atomic mass is 10.2. The van der Waals surface area contributed by atoms with Gasteiger partial charge in [0.15, 0.2) is 0 Å². The summed E-state index contributed by atoms with van der Waals surface area (Å²) in [5.41, 5.74) is 0.691. The summed E-state index contributed by atoms with van der Waals surface area (Å²) < 4.78 is 44.9. The molecular formula is C17H18ClFN2O4S. The van der Waals surface area contributed by atoms with Gasteiger partial charge in [-0.3, -0.25) is 4.79 Å². The number of methoxy groups -OCH3 is 1. The van der Waals surface area contributed by atoms with Crippen LogP contribution in [0.4, 0.5) is 4.39 Å². The van der Waals surface area contributed by atoms with Crippen molar-refractivity contribution in [2.45, 2.75) is 24.4 Å². The maximum Gasteiger partial charge on any atom is 0.241 e. The molecule has 0 aliphatic carbocycles. The maximum atomic E-state index is 12.9. The van der Waals surface area contributed by atoms with Crippen molar-refractivity contribution in [2.75, 3.05) is 7.11 Å². The molecule has 0 aliphatic heterocycles. The van der Waals surface area contributed by atoms with Crippen LogP contribution in [-0.2, 0) is 21.4 Å². The molecular weight excluding hydrogens is 383 g/mol. The standard InChI is InChI=1S/C17H18ClFN2O4S/c1-11(17(22)20-10-12-3-5-13(19)6-4-12)21-26(23,24)14-7-8-16(25-2)15(18)9-14/h3-9,11,21H,10H2,1-2H3,(H,20,22). The van der Waals surface area contributed by atoms with Crippen LogP contribution in [0.3, 0.4) is 0 Å². The number of rotatable bonds is 7. The van der Waals surface area contributed by atoms with Gasteiger partial charge in [0.25, 0.3) is 0 Å². The number of amides is 1. The second-order valence-electron chi connectivity index (χ2n) is 5.48. The minimum absolute atomic E-state index is 0.0820. The van der Waals surface area contributed by atoms with Crippen LogP contribution in [0.1, 0.15) is 12.5 Å². The van der Waals surface area contributed by atoms with E-state index in [2.05, 4.69) is 10.0 Å². The minimum Gasteiger partial charge on any atom is -0.495 e. The van der Waals surface area contributed by atoms with Crippen molar-refractivity contribution >= 4 is 27.5 Å². The van der Waals surface area contributed by atoms with Gasteiger partial charge in [-0.25, -0.2) is 12.8 Å². The van der Waals surface area contributed by atoms with E-state index in [0.717, 1.165) is 0 Å². The predicted molar refractivity (Wildman–Crippen MR) is 96.0 cm³/mol. The number of carbonyl (C=O) groups is 1. The molecule has 0 radical (unpaired) electrons. The highest BCUT2D eigenvalue weighted by atomic mass is 35.5. The number of carbonyl (C=O) groups excluding carboxylic acids is 1. The summed E-state index contributed by atoms with van der Waals surface area (Å²) in [4.78, 5) is 12.0. The highest BCUT2D eigenvalue weighted by molar-refractivity contribution is 7.89. The first-order chi connectivity index (χ1) is 12.2. The summed E-state index contributed by atoms with van der Waals surface area (Å²) in [7, 11) is -2.52. The van der Waals surface area contributed by atoms with E-state index in [1.165, 1.54) is 56.5 Å². The van der Waals surface area contributed by atoms with Crippen molar-refractivity contribution in [3.05, 3.63) is 58.9 Å². The Balaban J connectivity index is 2.00. The van der Waals surface area contributed by atoms with E-state index in [9.17, 15) is 17.6 Å². The molecule has 1 atom stereocenters. The molecule has 0 heterocycles. The molecule has 2 rings (SSSR count). The summed E-state index contributed by atoms with van der Waals surface area (Å²) in [6.07, 6.45) is 0. The van der Waals surface area contributed by atoms with Gasteiger partial charge < -0.3 is 10.1 Å². The SMILES string of the molecule is COc1ccc(S(=O)(=O)NC(C)C(=O)NCc2ccc(F)cc2)cc1Cl. The van der Waals surface area contributed by atoms with E-state index < -0.39 is 22.0 Å². The molecule has 1 amide bonds. The molecule has 1 unspecified atom stereocenters. The normalized spacial score (nSPS) is 12.5. The highest BCUT2D eigenvalue weighted by Crippen LogP contribution is 2.26. The first kappa shape index (κ1) is 20.2. The Morgan fingerprint density at radius 2 is 1.88 bits per heavy atom. The summed E-state index contributed by atoms with van der Waals surface area (Å²) in [6.45, 7) is 1.57. The Morgan fingerprint density at radius 1 is 1.23 bits per heavy atom. The molecule has 2 N–H and O–H groups in total. The molecule has 0 saturated carbocycles. The van der Waals surface area contributed by atoms with Crippen molar-refractivity contribution in [3.63, 3.8) is 0 Å². The topological polar surface area (TPSA) is 84.5 Å². The van der Waals surface area contributed by atoms with Gasteiger partial charge in [0, 0.05) is 6.54 Å². The molecule has 9 heteroatoms. The van der Waals surface area contributed by atoms with Crippen molar-refractivity contribution in [1.82, 2.24) is 10.0 Å². The summed E-state index contributed by atoms with van der Waals surface area (Å²) in [5, 5.41) is 2.73. The highest BCUT2D eigenvalue weighted by Gasteiger charge is 2.22. The van der Waals surface area contributed by atoms with Crippen molar-refractivity contribution < 1.29 is 22.3 Å². The van der Waals surface area contributed by atoms with Gasteiger partial charge in [-0.15, -0.1) is 0 Å². The van der Waals surface area contributed by atoms with Gasteiger partial charge >= 0.3 is 0 Å². The molecule has 26 heavy (non-hydrogen) atoms. The molecule has 0 aliphatic rings. The third kappa shape index (κ3) is 5.17. The molecule has 6 nitrogen and oxygen atoms in total. The van der Waals surface area contributed by atoms with Crippen LogP contribution in [0, 0.1) is 5.82 Å². The lowest BCUT2D eigenvalue weighted by Crippen LogP contribution is -2.44. The molecule has 0 fully saturated rings. The van der Waals surface area contributed by atoms with Gasteiger partial charge in [0.2, 0.25) is 15.9 Å². The second-order valence-corrected chi connectivity index (χ2v) is 7.60. The maximum absolute atomic E-state index is 12.9. The number of halogens is 2. The summed E-state index contributed by atoms with van der Waals surface area (Å²) in [6, 6.07) is 8.61. The summed E-state index contributed by atoms with van der Waals surface area (Å²) >= 11 is 5.94. The van der Waals surface area contributed by atoms with E-state index in [4.69, 9.17) is 16.3 Å². The fourth-order valence-electron chi connectivity index (χ4n) is 2.11. The zero-order chi connectivity index (χ0) is 19.3. The monoisotopic (exact) mass is 400 g/mol. The lowest BCUT2D eigenvalue weighted by molar-refractivity contribution is -0.122. The Hall–Kier alpha value is -2.16. The van der Waals surface area contributed by atoms with E-state index in [0.29, 0.717) is 11.3 Å². The number of hydrogen-bond donors (Lipinski definition) is 2. The average Bonchev–Trinajstić information content (AvgIpc) is 2.60. The molecule has 0 spiro atoms. The third-order valence-corrected chi connectivity index (χ3v) is 5.37. The third-order valence-electron chi connectivity index (χ3n) is 3.54. The van der Waals surface area contributed by atoms with Crippen LogP contribution < -0.4 is 14.8 Å². The molecule has 0 bridgehead atoms. The molecule has 2 aromatic rings. The summed E-state index contributed by atoms with van der Waals surface area (Å²) in [5.74, 6) is -0.549. The number of benzene rings is 2. The minimum atomic E-state index is -3.94. The zero-order valence-electron chi connectivity index (χ0n) is 14.1. The Morgan fingerprint density at radius 3 is 2.46 bits per heavy atom. The predicted octanol–water partition coefficient (Wildman–Crippen LogP) is 2.47. The van der Waals surface area contributed by atoms with Crippen molar-refractivity contribution in [1.29, 1.82) is 0 Å². The van der Waals surface area contributed by atoms with Gasteiger partial charge in [-0.2, -0.15) is 4.72 Å². The van der Waals surface area contributed by atoms with E-state index >= 15 is 0 Å². The largest absolute Gasteiger partial charge is 0.495 e. The Labute approximate surface area is 156 Å². The van der Waals surface area contributed by atoms with Gasteiger partial charge in [-0.05, 0) is 42.8 Å². The fourth-order valence-corrected chi connectivity index (χ4v) is 3.66. The number of hydrogen-bond acceptors (Lipinski definition) is 4. The molecule has 0 aromatic heterocycles. The molecule has 140 valence electrons. The van der Waals surface area contributed by atoms with Crippen molar-refractivity contribution in [3.8, 4) is 5.75 Å². The first-order valence-electron chi connectivity index (χ1n) is 7.61. The second kappa shape index (κ2) is 8.48. The van der Waals surface area contributed by atoms with Crippen LogP contribution in [0.25, 0.3) is 0 Å². The van der Waals surface area contributed by atoms with Crippen LogP contribution in [0.15, 0.2) is 47.4 Å². The van der Waals surface area contributed by atoms with Gasteiger partial charge in [0.05, 0.1) is 23.1 Å². The average molecular weight is 401 g/mol. The van der Waals surface area contributed by atoms with Crippen LogP contribution >= 0.6 is 11.6 Å². The van der Waals surface area contributed by atoms with Gasteiger partial charge in [-0.1, -0.05) is 23.7 Å². The quantitative estimate of drug-likeness (QED) is 0.747. The number of sulfonamides is 1. The zero-order valence-corrected chi connectivity index (χ0v) is 15.7. The fraction of sp³-hybridized carbons (Fsp3) is 0.235. The van der Waals surface area contributed by atoms with Crippen molar-refractivity contribution in [2.24, 2.45) is 0 Å². The molecule has 0 saturated heterocycles. The Kier molecular flexibility index (Phi) is 6.57. The van der Waals surface area contributed by atoms with Crippen LogP contribution in [0.5, 0.6) is 5.75 Å². The molecule has 2 aromatic carbocycles. The smallest absolute Gasteiger partial charge is 0.241 e. The van der Waals surface area contributed by atoms with E-state index in [1.54, 1.807) is 0 Å². The lowest BCUT2D eigenvalue weighted by Gasteiger charge is -2.15. The number of ether oxygens (including phenoxy) is 1. The van der Waals surface area contributed by atoms with Gasteiger partial charge in [0.1, 0.15) is 11.6 Å². The van der Waals surface area contributed by atoms with Crippen LogP contribution in [0.2, 0.25) is 5.02 Å². The van der Waals surface area contributed by atoms with E-state index in [1.807, 2.05) is 0 Å². The number of nitrogens with one attached hydrogen (secondary N) is 2. The Bertz CT molecular complexity index is 888. The van der Waals surface area contributed by atoms with E-state index in [-0.39, 0.29) is 22.3 Å².